The van der Waals surface area contributed by atoms with E-state index in [2.05, 4.69) is 15.6 Å². The van der Waals surface area contributed by atoms with Gasteiger partial charge in [-0.1, -0.05) is 26.8 Å². The third-order valence-corrected chi connectivity index (χ3v) is 4.38. The zero-order valence-corrected chi connectivity index (χ0v) is 19.4. The van der Waals surface area contributed by atoms with Crippen LogP contribution in [0.2, 0.25) is 0 Å². The lowest BCUT2D eigenvalue weighted by atomic mass is 9.83. The third-order valence-electron chi connectivity index (χ3n) is 4.38. The van der Waals surface area contributed by atoms with Crippen LogP contribution in [0.25, 0.3) is 0 Å². The van der Waals surface area contributed by atoms with Gasteiger partial charge < -0.3 is 20.5 Å². The number of aromatic hydroxyl groups is 1. The Labute approximate surface area is 188 Å². The first-order valence-corrected chi connectivity index (χ1v) is 10.3. The summed E-state index contributed by atoms with van der Waals surface area (Å²) < 4.78 is 5.31. The molecule has 0 bridgehead atoms. The number of benzene rings is 1. The van der Waals surface area contributed by atoms with Crippen molar-refractivity contribution in [3.8, 4) is 5.75 Å². The van der Waals surface area contributed by atoms with Gasteiger partial charge in [0.25, 0.3) is 0 Å². The molecule has 3 N–H and O–H groups in total. The van der Waals surface area contributed by atoms with E-state index in [1.54, 1.807) is 65.9 Å². The molecule has 0 radical (unpaired) electrons. The maximum atomic E-state index is 13.0. The highest BCUT2D eigenvalue weighted by Gasteiger charge is 2.29. The van der Waals surface area contributed by atoms with E-state index in [0.29, 0.717) is 16.8 Å². The maximum Gasteiger partial charge on any atom is 0.408 e. The highest BCUT2D eigenvalue weighted by Crippen LogP contribution is 2.27. The average molecular weight is 442 g/mol. The number of anilines is 1. The molecule has 1 aromatic carbocycles. The molecule has 2 amide bonds. The second kappa shape index (κ2) is 9.80. The number of hydrogen-bond acceptors (Lipinski definition) is 6. The fraction of sp³-hybridized carbons (Fsp3) is 0.417. The van der Waals surface area contributed by atoms with E-state index in [4.69, 9.17) is 4.74 Å². The van der Waals surface area contributed by atoms with Gasteiger partial charge in [-0.25, -0.2) is 4.79 Å². The van der Waals surface area contributed by atoms with Gasteiger partial charge in [-0.3, -0.25) is 14.6 Å². The Morgan fingerprint density at radius 3 is 2.34 bits per heavy atom. The van der Waals surface area contributed by atoms with E-state index in [9.17, 15) is 19.5 Å². The molecule has 8 nitrogen and oxygen atoms in total. The van der Waals surface area contributed by atoms with Crippen molar-refractivity contribution in [3.05, 3.63) is 53.9 Å². The lowest BCUT2D eigenvalue weighted by Crippen LogP contribution is -2.47. The summed E-state index contributed by atoms with van der Waals surface area (Å²) in [5, 5.41) is 15.2. The number of carbonyl (C=O) groups is 3. The second-order valence-electron chi connectivity index (χ2n) is 9.55. The molecule has 1 heterocycles. The molecule has 172 valence electrons. The minimum absolute atomic E-state index is 0.0166. The van der Waals surface area contributed by atoms with Crippen molar-refractivity contribution < 1.29 is 24.2 Å². The fourth-order valence-corrected chi connectivity index (χ4v) is 2.90. The summed E-state index contributed by atoms with van der Waals surface area (Å²) in [7, 11) is 0. The van der Waals surface area contributed by atoms with Crippen LogP contribution in [-0.2, 0) is 16.0 Å². The molecule has 8 heteroatoms. The van der Waals surface area contributed by atoms with Crippen LogP contribution in [0.15, 0.2) is 42.7 Å². The number of phenolic OH excluding ortho intramolecular Hbond substituents is 1. The predicted molar refractivity (Wildman–Crippen MR) is 122 cm³/mol. The standard InChI is InChI=1S/C24H31N3O5/c1-23(2,3)20(29)18-13-17(28)10-9-15(18)12-19(27-22(31)32-24(4,5)6)21(30)26-16-8-7-11-25-14-16/h7-11,13-14,19,28H,12H2,1-6H3,(H,26,30)(H,27,31)/t19-/m0/s1. The Bertz CT molecular complexity index is 975. The minimum atomic E-state index is -1.04. The van der Waals surface area contributed by atoms with Gasteiger partial charge in [0.2, 0.25) is 5.91 Å². The molecule has 0 aliphatic heterocycles. The summed E-state index contributed by atoms with van der Waals surface area (Å²) in [6, 6.07) is 6.71. The number of nitrogens with one attached hydrogen (secondary N) is 2. The smallest absolute Gasteiger partial charge is 0.408 e. The number of phenols is 1. The van der Waals surface area contributed by atoms with Gasteiger partial charge in [0.1, 0.15) is 17.4 Å². The Hall–Kier alpha value is -3.42. The predicted octanol–water partition coefficient (Wildman–Crippen LogP) is 4.09. The zero-order valence-electron chi connectivity index (χ0n) is 19.4. The molecule has 0 saturated heterocycles. The van der Waals surface area contributed by atoms with Crippen molar-refractivity contribution in [2.75, 3.05) is 5.32 Å². The Balaban J connectivity index is 2.36. The molecular formula is C24H31N3O5. The molecule has 32 heavy (non-hydrogen) atoms. The molecule has 0 fully saturated rings. The number of aromatic nitrogens is 1. The fourth-order valence-electron chi connectivity index (χ4n) is 2.90. The molecular weight excluding hydrogens is 410 g/mol. The topological polar surface area (TPSA) is 118 Å². The van der Waals surface area contributed by atoms with Gasteiger partial charge in [0, 0.05) is 23.6 Å². The molecule has 1 atom stereocenters. The number of ketones is 1. The summed E-state index contributed by atoms with van der Waals surface area (Å²) in [6.45, 7) is 10.5. The number of ether oxygens (including phenoxy) is 1. The zero-order chi connectivity index (χ0) is 24.1. The Morgan fingerprint density at radius 2 is 1.78 bits per heavy atom. The van der Waals surface area contributed by atoms with E-state index >= 15 is 0 Å². The van der Waals surface area contributed by atoms with Gasteiger partial charge in [-0.05, 0) is 50.6 Å². The monoisotopic (exact) mass is 441 g/mol. The van der Waals surface area contributed by atoms with Crippen molar-refractivity contribution in [2.45, 2.75) is 59.6 Å². The van der Waals surface area contributed by atoms with Crippen LogP contribution in [0.5, 0.6) is 5.75 Å². The third kappa shape index (κ3) is 7.37. The van der Waals surface area contributed by atoms with Crippen molar-refractivity contribution in [3.63, 3.8) is 0 Å². The Morgan fingerprint density at radius 1 is 1.09 bits per heavy atom. The van der Waals surface area contributed by atoms with Crippen molar-refractivity contribution in [1.82, 2.24) is 10.3 Å². The molecule has 0 spiro atoms. The van der Waals surface area contributed by atoms with Gasteiger partial charge in [-0.2, -0.15) is 0 Å². The lowest BCUT2D eigenvalue weighted by Gasteiger charge is -2.25. The molecule has 0 aliphatic rings. The number of alkyl carbamates (subject to hydrolysis) is 1. The minimum Gasteiger partial charge on any atom is -0.508 e. The van der Waals surface area contributed by atoms with Crippen LogP contribution in [0, 0.1) is 5.41 Å². The summed E-state index contributed by atoms with van der Waals surface area (Å²) >= 11 is 0. The number of Topliss-reactive ketones (excluding diaryl/α,β-unsaturated/α-hetero) is 1. The largest absolute Gasteiger partial charge is 0.508 e. The summed E-state index contributed by atoms with van der Waals surface area (Å²) in [5.41, 5.74) is -0.174. The van der Waals surface area contributed by atoms with Crippen molar-refractivity contribution >= 4 is 23.5 Å². The van der Waals surface area contributed by atoms with E-state index in [1.165, 1.54) is 18.3 Å². The molecule has 1 aromatic heterocycles. The van der Waals surface area contributed by atoms with Gasteiger partial charge in [0.15, 0.2) is 5.78 Å². The normalized spacial score (nSPS) is 12.6. The SMILES string of the molecule is CC(C)(C)OC(=O)N[C@@H](Cc1ccc(O)cc1C(=O)C(C)(C)C)C(=O)Nc1cccnc1. The molecule has 0 aliphatic carbocycles. The first kappa shape index (κ1) is 24.8. The number of nitrogens with zero attached hydrogens (tertiary/aromatic N) is 1. The highest BCUT2D eigenvalue weighted by molar-refractivity contribution is 6.02. The molecule has 0 saturated carbocycles. The van der Waals surface area contributed by atoms with Crippen LogP contribution in [0.4, 0.5) is 10.5 Å². The van der Waals surface area contributed by atoms with Crippen LogP contribution in [0.3, 0.4) is 0 Å². The van der Waals surface area contributed by atoms with E-state index in [1.807, 2.05) is 0 Å². The number of amides is 2. The lowest BCUT2D eigenvalue weighted by molar-refractivity contribution is -0.118. The van der Waals surface area contributed by atoms with Gasteiger partial charge in [-0.15, -0.1) is 0 Å². The summed E-state index contributed by atoms with van der Waals surface area (Å²) in [4.78, 5) is 42.4. The first-order valence-electron chi connectivity index (χ1n) is 10.3. The van der Waals surface area contributed by atoms with Crippen molar-refractivity contribution in [1.29, 1.82) is 0 Å². The van der Waals surface area contributed by atoms with Crippen LogP contribution < -0.4 is 10.6 Å². The number of carbonyl (C=O) groups excluding carboxylic acids is 3. The summed E-state index contributed by atoms with van der Waals surface area (Å²) in [6.07, 6.45) is 2.32. The average Bonchev–Trinajstić information content (AvgIpc) is 2.66. The van der Waals surface area contributed by atoms with Crippen LogP contribution in [0.1, 0.15) is 57.5 Å². The summed E-state index contributed by atoms with van der Waals surface area (Å²) in [5.74, 6) is -0.740. The van der Waals surface area contributed by atoms with E-state index in [-0.39, 0.29) is 18.0 Å². The van der Waals surface area contributed by atoms with Crippen LogP contribution in [-0.4, -0.2) is 39.5 Å². The molecule has 2 rings (SSSR count). The van der Waals surface area contributed by atoms with E-state index in [0.717, 1.165) is 0 Å². The maximum absolute atomic E-state index is 13.0. The van der Waals surface area contributed by atoms with Gasteiger partial charge in [0.05, 0.1) is 11.9 Å². The highest BCUT2D eigenvalue weighted by atomic mass is 16.6. The van der Waals surface area contributed by atoms with E-state index < -0.39 is 29.1 Å². The first-order chi connectivity index (χ1) is 14.8. The Kier molecular flexibility index (Phi) is 7.61. The number of rotatable bonds is 6. The quantitative estimate of drug-likeness (QED) is 0.581. The number of hydrogen-bond donors (Lipinski definition) is 3. The molecule has 2 aromatic rings. The van der Waals surface area contributed by atoms with Crippen LogP contribution >= 0.6 is 0 Å². The number of pyridine rings is 1. The molecule has 0 unspecified atom stereocenters. The van der Waals surface area contributed by atoms with Gasteiger partial charge >= 0.3 is 6.09 Å². The second-order valence-corrected chi connectivity index (χ2v) is 9.55. The van der Waals surface area contributed by atoms with Crippen molar-refractivity contribution in [2.24, 2.45) is 5.41 Å².